The number of aromatic nitrogens is 2. The summed E-state index contributed by atoms with van der Waals surface area (Å²) in [5.41, 5.74) is 6.02. The quantitative estimate of drug-likeness (QED) is 0.559. The number of carbonyl (C=O) groups excluding carboxylic acids is 2. The van der Waals surface area contributed by atoms with Gasteiger partial charge in [-0.2, -0.15) is 0 Å². The highest BCUT2D eigenvalue weighted by molar-refractivity contribution is 6.06. The van der Waals surface area contributed by atoms with Crippen LogP contribution in [0.1, 0.15) is 27.6 Å². The Labute approximate surface area is 130 Å². The molecule has 0 saturated carbocycles. The molecular weight excluding hydrogens is 298 g/mol. The number of hydrogen-bond donors (Lipinski definition) is 2. The molecule has 0 unspecified atom stereocenters. The molecule has 0 bridgehead atoms. The van der Waals surface area contributed by atoms with Crippen molar-refractivity contribution in [1.29, 1.82) is 0 Å². The van der Waals surface area contributed by atoms with Gasteiger partial charge in [-0.25, -0.2) is 4.79 Å². The summed E-state index contributed by atoms with van der Waals surface area (Å²) >= 11 is 0. The number of carbonyl (C=O) groups is 2. The van der Waals surface area contributed by atoms with E-state index in [1.165, 1.54) is 12.4 Å². The van der Waals surface area contributed by atoms with Crippen LogP contribution in [0, 0.1) is 0 Å². The topological polar surface area (TPSA) is 115 Å². The second kappa shape index (κ2) is 5.53. The van der Waals surface area contributed by atoms with Crippen LogP contribution in [-0.2, 0) is 4.74 Å². The molecule has 0 aliphatic rings. The average Bonchev–Trinajstić information content (AvgIpc) is 2.54. The van der Waals surface area contributed by atoms with Gasteiger partial charge in [0.05, 0.1) is 23.2 Å². The van der Waals surface area contributed by atoms with Crippen molar-refractivity contribution in [2.75, 3.05) is 6.61 Å². The maximum atomic E-state index is 12.4. The number of ether oxygens (including phenoxy) is 1. The van der Waals surface area contributed by atoms with E-state index in [4.69, 9.17) is 10.5 Å². The molecule has 7 nitrogen and oxygen atoms in total. The van der Waals surface area contributed by atoms with E-state index >= 15 is 0 Å². The van der Waals surface area contributed by atoms with Crippen LogP contribution in [0.15, 0.2) is 35.4 Å². The number of aromatic amines is 1. The number of nitrogens with one attached hydrogen (secondary N) is 1. The molecule has 2 heterocycles. The van der Waals surface area contributed by atoms with Crippen LogP contribution in [0.3, 0.4) is 0 Å². The van der Waals surface area contributed by atoms with Crippen molar-refractivity contribution in [3.05, 3.63) is 51.9 Å². The largest absolute Gasteiger partial charge is 0.462 e. The monoisotopic (exact) mass is 311 g/mol. The zero-order valence-electron chi connectivity index (χ0n) is 12.3. The molecule has 7 heteroatoms. The highest BCUT2D eigenvalue weighted by atomic mass is 16.5. The van der Waals surface area contributed by atoms with Gasteiger partial charge in [0.2, 0.25) is 11.3 Å². The van der Waals surface area contributed by atoms with Gasteiger partial charge in [0, 0.05) is 23.2 Å². The van der Waals surface area contributed by atoms with E-state index in [1.54, 1.807) is 25.1 Å². The van der Waals surface area contributed by atoms with Gasteiger partial charge >= 0.3 is 5.97 Å². The fraction of sp³-hybridized carbons (Fsp3) is 0.125. The van der Waals surface area contributed by atoms with E-state index in [0.29, 0.717) is 21.8 Å². The zero-order valence-corrected chi connectivity index (χ0v) is 12.3. The van der Waals surface area contributed by atoms with Crippen LogP contribution in [-0.4, -0.2) is 28.5 Å². The molecule has 3 rings (SSSR count). The molecule has 3 aromatic rings. The van der Waals surface area contributed by atoms with Gasteiger partial charge in [0.1, 0.15) is 5.56 Å². The summed E-state index contributed by atoms with van der Waals surface area (Å²) in [6.45, 7) is 1.85. The SMILES string of the molecule is CCOC(=O)c1c[nH]c2c(ccc3cc(C(N)=O)cnc32)c1=O. The molecule has 3 N–H and O–H groups in total. The molecular formula is C16H13N3O4. The van der Waals surface area contributed by atoms with Gasteiger partial charge in [0.25, 0.3) is 0 Å². The third kappa shape index (κ3) is 2.42. The molecule has 1 aromatic carbocycles. The first-order valence-electron chi connectivity index (χ1n) is 6.94. The van der Waals surface area contributed by atoms with E-state index in [9.17, 15) is 14.4 Å². The lowest BCUT2D eigenvalue weighted by Crippen LogP contribution is -2.18. The standard InChI is InChI=1S/C16H13N3O4/c1-2-23-16(22)11-7-19-13-10(14(11)20)4-3-8-5-9(15(17)21)6-18-12(8)13/h3-7H,2H2,1H3,(H2,17,21)(H,19,20). The third-order valence-electron chi connectivity index (χ3n) is 3.48. The molecule has 0 spiro atoms. The van der Waals surface area contributed by atoms with E-state index in [2.05, 4.69) is 9.97 Å². The molecule has 1 amide bonds. The first-order chi connectivity index (χ1) is 11.0. The zero-order chi connectivity index (χ0) is 16.6. The van der Waals surface area contributed by atoms with Gasteiger partial charge in [0.15, 0.2) is 0 Å². The second-order valence-electron chi connectivity index (χ2n) is 4.90. The molecule has 0 atom stereocenters. The lowest BCUT2D eigenvalue weighted by Gasteiger charge is -2.06. The number of H-pyrrole nitrogens is 1. The Kier molecular flexibility index (Phi) is 3.53. The van der Waals surface area contributed by atoms with Crippen molar-refractivity contribution < 1.29 is 14.3 Å². The Bertz CT molecular complexity index is 1010. The third-order valence-corrected chi connectivity index (χ3v) is 3.48. The molecule has 0 radical (unpaired) electrons. The number of benzene rings is 1. The maximum absolute atomic E-state index is 12.4. The van der Waals surface area contributed by atoms with Crippen LogP contribution in [0.5, 0.6) is 0 Å². The van der Waals surface area contributed by atoms with Crippen molar-refractivity contribution in [2.24, 2.45) is 5.73 Å². The van der Waals surface area contributed by atoms with Gasteiger partial charge in [-0.05, 0) is 19.1 Å². The summed E-state index contributed by atoms with van der Waals surface area (Å²) < 4.78 is 4.86. The van der Waals surface area contributed by atoms with Gasteiger partial charge < -0.3 is 15.5 Å². The summed E-state index contributed by atoms with van der Waals surface area (Å²) in [5.74, 6) is -1.25. The molecule has 0 saturated heterocycles. The van der Waals surface area contributed by atoms with E-state index in [0.717, 1.165) is 0 Å². The molecule has 0 aliphatic heterocycles. The Morgan fingerprint density at radius 1 is 1.35 bits per heavy atom. The second-order valence-corrected chi connectivity index (χ2v) is 4.90. The smallest absolute Gasteiger partial charge is 0.343 e. The number of amides is 1. The number of rotatable bonds is 3. The number of primary amides is 1. The van der Waals surface area contributed by atoms with Crippen LogP contribution in [0.25, 0.3) is 21.8 Å². The summed E-state index contributed by atoms with van der Waals surface area (Å²) in [7, 11) is 0. The number of nitrogens with zero attached hydrogens (tertiary/aromatic N) is 1. The van der Waals surface area contributed by atoms with E-state index in [1.807, 2.05) is 0 Å². The summed E-state index contributed by atoms with van der Waals surface area (Å²) in [6.07, 6.45) is 2.66. The fourth-order valence-electron chi connectivity index (χ4n) is 2.39. The maximum Gasteiger partial charge on any atom is 0.343 e. The Morgan fingerprint density at radius 3 is 2.83 bits per heavy atom. The minimum atomic E-state index is -0.673. The highest BCUT2D eigenvalue weighted by Gasteiger charge is 2.15. The molecule has 0 fully saturated rings. The minimum Gasteiger partial charge on any atom is -0.462 e. The summed E-state index contributed by atoms with van der Waals surface area (Å²) in [6, 6.07) is 4.83. The number of hydrogen-bond acceptors (Lipinski definition) is 5. The van der Waals surface area contributed by atoms with Gasteiger partial charge in [-0.3, -0.25) is 14.6 Å². The normalized spacial score (nSPS) is 10.8. The Balaban J connectivity index is 2.26. The van der Waals surface area contributed by atoms with Crippen LogP contribution >= 0.6 is 0 Å². The van der Waals surface area contributed by atoms with Crippen LogP contribution < -0.4 is 11.2 Å². The van der Waals surface area contributed by atoms with Crippen molar-refractivity contribution >= 4 is 33.7 Å². The van der Waals surface area contributed by atoms with Crippen molar-refractivity contribution in [3.8, 4) is 0 Å². The summed E-state index contributed by atoms with van der Waals surface area (Å²) in [4.78, 5) is 42.5. The number of esters is 1. The minimum absolute atomic E-state index is 0.0625. The number of pyridine rings is 2. The molecule has 23 heavy (non-hydrogen) atoms. The van der Waals surface area contributed by atoms with Crippen LogP contribution in [0.2, 0.25) is 0 Å². The average molecular weight is 311 g/mol. The Hall–Kier alpha value is -3.22. The van der Waals surface area contributed by atoms with Crippen molar-refractivity contribution in [1.82, 2.24) is 9.97 Å². The number of fused-ring (bicyclic) bond motifs is 3. The molecule has 0 aliphatic carbocycles. The number of nitrogens with two attached hydrogens (primary N) is 1. The molecule has 2 aromatic heterocycles. The molecule has 116 valence electrons. The van der Waals surface area contributed by atoms with Crippen molar-refractivity contribution in [3.63, 3.8) is 0 Å². The first kappa shape index (κ1) is 14.7. The first-order valence-corrected chi connectivity index (χ1v) is 6.94. The van der Waals surface area contributed by atoms with Gasteiger partial charge in [-0.15, -0.1) is 0 Å². The lowest BCUT2D eigenvalue weighted by molar-refractivity contribution is 0.0524. The van der Waals surface area contributed by atoms with E-state index < -0.39 is 17.3 Å². The van der Waals surface area contributed by atoms with Crippen molar-refractivity contribution in [2.45, 2.75) is 6.92 Å². The highest BCUT2D eigenvalue weighted by Crippen LogP contribution is 2.21. The lowest BCUT2D eigenvalue weighted by atomic mass is 10.1. The predicted molar refractivity (Wildman–Crippen MR) is 84.3 cm³/mol. The van der Waals surface area contributed by atoms with E-state index in [-0.39, 0.29) is 17.7 Å². The predicted octanol–water partition coefficient (Wildman–Crippen LogP) is 1.35. The Morgan fingerprint density at radius 2 is 2.13 bits per heavy atom. The van der Waals surface area contributed by atoms with Crippen LogP contribution in [0.4, 0.5) is 0 Å². The van der Waals surface area contributed by atoms with Gasteiger partial charge in [-0.1, -0.05) is 6.07 Å². The fourth-order valence-corrected chi connectivity index (χ4v) is 2.39. The summed E-state index contributed by atoms with van der Waals surface area (Å²) in [5, 5.41) is 0.982.